The molecule has 0 spiro atoms. The van der Waals surface area contributed by atoms with Crippen molar-refractivity contribution in [3.63, 3.8) is 0 Å². The third-order valence-electron chi connectivity index (χ3n) is 5.71. The second-order valence-electron chi connectivity index (χ2n) is 8.74. The molecule has 9 heteroatoms. The van der Waals surface area contributed by atoms with Crippen molar-refractivity contribution >= 4 is 23.3 Å². The summed E-state index contributed by atoms with van der Waals surface area (Å²) in [4.78, 5) is 24.0. The van der Waals surface area contributed by atoms with Gasteiger partial charge >= 0.3 is 5.97 Å². The number of aromatic nitrogens is 1. The summed E-state index contributed by atoms with van der Waals surface area (Å²) in [6.45, 7) is 4.89. The average Bonchev–Trinajstić information content (AvgIpc) is 2.78. The first-order chi connectivity index (χ1) is 16.6. The van der Waals surface area contributed by atoms with Gasteiger partial charge in [-0.2, -0.15) is 4.57 Å². The van der Waals surface area contributed by atoms with Crippen LogP contribution in [0.4, 0.5) is 5.69 Å². The monoisotopic (exact) mass is 494 g/mol. The molecule has 2 unspecified atom stereocenters. The van der Waals surface area contributed by atoms with Crippen molar-refractivity contribution < 1.29 is 28.9 Å². The zero-order chi connectivity index (χ0) is 25.3. The molecule has 0 N–H and O–H groups in total. The van der Waals surface area contributed by atoms with E-state index in [1.54, 1.807) is 36.4 Å². The number of rotatable bonds is 6. The fourth-order valence-corrected chi connectivity index (χ4v) is 4.34. The van der Waals surface area contributed by atoms with Gasteiger partial charge < -0.3 is 14.6 Å². The number of nitrogens with zero attached hydrogens (tertiary/aromatic N) is 2. The number of nitro groups is 1. The summed E-state index contributed by atoms with van der Waals surface area (Å²) in [6, 6.07) is 15.9. The summed E-state index contributed by atoms with van der Waals surface area (Å²) in [5.41, 5.74) is 1.95. The number of pyridine rings is 1. The quantitative estimate of drug-likeness (QED) is 0.221. The largest absolute Gasteiger partial charge is 0.575 e. The summed E-state index contributed by atoms with van der Waals surface area (Å²) < 4.78 is 12.7. The number of halogens is 1. The smallest absolute Gasteiger partial charge is 0.338 e. The lowest BCUT2D eigenvalue weighted by atomic mass is 9.81. The first kappa shape index (κ1) is 24.2. The standard InChI is InChI=1S/C26H23ClN2O6/c1-16-5-4-14-28(15-16)23(18-8-12-20(13-9-18)29(32)33)21(17-6-10-19(27)11-7-17)22-24(30)34-26(2,3)35-25(22)31/h4-15,21,23H,1-3H3. The molecule has 1 aliphatic rings. The van der Waals surface area contributed by atoms with Crippen LogP contribution in [0.1, 0.15) is 42.5 Å². The second kappa shape index (κ2) is 9.38. The molecule has 0 bridgehead atoms. The molecule has 1 aliphatic heterocycles. The molecule has 2 heterocycles. The highest BCUT2D eigenvalue weighted by atomic mass is 35.5. The Morgan fingerprint density at radius 1 is 1.00 bits per heavy atom. The van der Waals surface area contributed by atoms with Crippen LogP contribution >= 0.6 is 11.6 Å². The Kier molecular flexibility index (Phi) is 6.49. The average molecular weight is 495 g/mol. The van der Waals surface area contributed by atoms with Crippen molar-refractivity contribution in [2.45, 2.75) is 38.5 Å². The van der Waals surface area contributed by atoms with Gasteiger partial charge in [0.1, 0.15) is 0 Å². The highest BCUT2D eigenvalue weighted by Gasteiger charge is 2.43. The molecule has 2 atom stereocenters. The highest BCUT2D eigenvalue weighted by molar-refractivity contribution is 6.30. The molecule has 3 aromatic rings. The predicted octanol–water partition coefficient (Wildman–Crippen LogP) is 4.10. The predicted molar refractivity (Wildman–Crippen MR) is 125 cm³/mol. The molecule has 180 valence electrons. The minimum Gasteiger partial charge on any atom is -0.575 e. The van der Waals surface area contributed by atoms with Gasteiger partial charge in [-0.3, -0.25) is 10.1 Å². The number of aryl methyl sites for hydroxylation is 1. The normalized spacial score (nSPS) is 16.7. The molecule has 35 heavy (non-hydrogen) atoms. The molecular weight excluding hydrogens is 472 g/mol. The molecule has 0 saturated carbocycles. The Morgan fingerprint density at radius 2 is 1.63 bits per heavy atom. The number of non-ortho nitro benzene ring substituents is 1. The van der Waals surface area contributed by atoms with Gasteiger partial charge in [-0.05, 0) is 56.7 Å². The maximum atomic E-state index is 13.2. The maximum Gasteiger partial charge on any atom is 0.338 e. The lowest BCUT2D eigenvalue weighted by molar-refractivity contribution is -0.716. The number of benzene rings is 2. The molecule has 0 amide bonds. The number of hydrogen-bond acceptors (Lipinski definition) is 6. The van der Waals surface area contributed by atoms with Gasteiger partial charge in [0.25, 0.3) is 5.69 Å². The third kappa shape index (κ3) is 5.12. The Balaban J connectivity index is 1.99. The van der Waals surface area contributed by atoms with Crippen LogP contribution in [0.15, 0.2) is 84.6 Å². The van der Waals surface area contributed by atoms with Crippen LogP contribution in [0, 0.1) is 17.0 Å². The van der Waals surface area contributed by atoms with E-state index in [9.17, 15) is 20.0 Å². The van der Waals surface area contributed by atoms with E-state index < -0.39 is 34.6 Å². The first-order valence-electron chi connectivity index (χ1n) is 10.9. The summed E-state index contributed by atoms with van der Waals surface area (Å²) in [5, 5.41) is 24.9. The number of cyclic esters (lactones) is 1. The van der Waals surface area contributed by atoms with Crippen LogP contribution in [0.2, 0.25) is 5.02 Å². The number of hydrogen-bond donors (Lipinski definition) is 0. The fourth-order valence-electron chi connectivity index (χ4n) is 4.21. The Hall–Kier alpha value is -3.91. The van der Waals surface area contributed by atoms with Gasteiger partial charge in [0.2, 0.25) is 0 Å². The van der Waals surface area contributed by atoms with Crippen molar-refractivity contribution in [1.29, 1.82) is 0 Å². The maximum absolute atomic E-state index is 13.2. The molecule has 0 fully saturated rings. The lowest BCUT2D eigenvalue weighted by Gasteiger charge is -2.41. The van der Waals surface area contributed by atoms with Crippen LogP contribution in [0.5, 0.6) is 0 Å². The Bertz CT molecular complexity index is 1300. The molecule has 2 aromatic carbocycles. The Labute approximate surface area is 207 Å². The molecule has 4 rings (SSSR count). The van der Waals surface area contributed by atoms with E-state index in [1.807, 2.05) is 36.0 Å². The number of nitro benzene ring substituents is 1. The zero-order valence-corrected chi connectivity index (χ0v) is 20.1. The van der Waals surface area contributed by atoms with E-state index in [-0.39, 0.29) is 11.3 Å². The van der Waals surface area contributed by atoms with E-state index in [1.165, 1.54) is 26.0 Å². The van der Waals surface area contributed by atoms with Gasteiger partial charge in [0, 0.05) is 34.3 Å². The topological polar surface area (TPSA) is 106 Å². The van der Waals surface area contributed by atoms with Crippen molar-refractivity contribution in [1.82, 2.24) is 0 Å². The molecule has 0 radical (unpaired) electrons. The summed E-state index contributed by atoms with van der Waals surface area (Å²) in [6.07, 6.45) is 3.69. The van der Waals surface area contributed by atoms with E-state index >= 15 is 0 Å². The third-order valence-corrected chi connectivity index (χ3v) is 5.96. The minimum atomic E-state index is -1.40. The molecule has 0 saturated heterocycles. The zero-order valence-electron chi connectivity index (χ0n) is 19.3. The summed E-state index contributed by atoms with van der Waals surface area (Å²) in [7, 11) is 0. The van der Waals surface area contributed by atoms with E-state index in [0.717, 1.165) is 5.56 Å². The van der Waals surface area contributed by atoms with Gasteiger partial charge in [0.05, 0.1) is 22.4 Å². The van der Waals surface area contributed by atoms with Crippen molar-refractivity contribution in [2.24, 2.45) is 0 Å². The molecule has 0 aliphatic carbocycles. The van der Waals surface area contributed by atoms with E-state index in [4.69, 9.17) is 21.1 Å². The molecule has 1 aromatic heterocycles. The van der Waals surface area contributed by atoms with Crippen LogP contribution in [-0.4, -0.2) is 16.7 Å². The molecule has 8 nitrogen and oxygen atoms in total. The number of ether oxygens (including phenoxy) is 2. The summed E-state index contributed by atoms with van der Waals surface area (Å²) >= 11 is 6.12. The lowest BCUT2D eigenvalue weighted by Crippen LogP contribution is -2.47. The fraction of sp³-hybridized carbons (Fsp3) is 0.231. The second-order valence-corrected chi connectivity index (χ2v) is 9.18. The van der Waals surface area contributed by atoms with Crippen molar-refractivity contribution in [3.05, 3.63) is 116 Å². The van der Waals surface area contributed by atoms with E-state index in [2.05, 4.69) is 0 Å². The van der Waals surface area contributed by atoms with Crippen molar-refractivity contribution in [2.75, 3.05) is 0 Å². The number of carbonyl (C=O) groups is 1. The SMILES string of the molecule is Cc1ccc[n+](C(c2ccc([N+](=O)[O-])cc2)C(C2=C([O-])OC(C)(C)OC2=O)c2ccc(Cl)cc2)c1. The van der Waals surface area contributed by atoms with Gasteiger partial charge in [-0.15, -0.1) is 0 Å². The van der Waals surface area contributed by atoms with Crippen LogP contribution in [0.25, 0.3) is 0 Å². The van der Waals surface area contributed by atoms with Crippen LogP contribution in [0.3, 0.4) is 0 Å². The number of carbonyl (C=O) groups excluding carboxylic acids is 1. The van der Waals surface area contributed by atoms with E-state index in [0.29, 0.717) is 16.1 Å². The van der Waals surface area contributed by atoms with Crippen molar-refractivity contribution in [3.8, 4) is 0 Å². The first-order valence-corrected chi connectivity index (χ1v) is 11.2. The van der Waals surface area contributed by atoms with Gasteiger partial charge in [0.15, 0.2) is 24.2 Å². The number of esters is 1. The minimum absolute atomic E-state index is 0.0735. The Morgan fingerprint density at radius 3 is 2.20 bits per heavy atom. The van der Waals surface area contributed by atoms with Gasteiger partial charge in [-0.1, -0.05) is 23.7 Å². The highest BCUT2D eigenvalue weighted by Crippen LogP contribution is 2.41. The van der Waals surface area contributed by atoms with Gasteiger partial charge in [-0.25, -0.2) is 4.79 Å². The molecular formula is C26H23ClN2O6. The van der Waals surface area contributed by atoms with Crippen LogP contribution in [-0.2, 0) is 14.3 Å². The van der Waals surface area contributed by atoms with Crippen LogP contribution < -0.4 is 9.67 Å². The summed E-state index contributed by atoms with van der Waals surface area (Å²) in [5.74, 6) is -3.82.